The minimum absolute atomic E-state index is 0.00603. The maximum absolute atomic E-state index is 13.3. The second-order valence-corrected chi connectivity index (χ2v) is 5.82. The summed E-state index contributed by atoms with van der Waals surface area (Å²) in [5.41, 5.74) is 0.103. The van der Waals surface area contributed by atoms with Gasteiger partial charge >= 0.3 is 6.16 Å². The molecule has 3 aromatic rings. The third-order valence-electron chi connectivity index (χ3n) is 3.47. The van der Waals surface area contributed by atoms with Crippen LogP contribution in [-0.4, -0.2) is 22.3 Å². The summed E-state index contributed by atoms with van der Waals surface area (Å²) >= 11 is 12.2. The van der Waals surface area contributed by atoms with Crippen LogP contribution < -0.4 is 10.2 Å². The van der Waals surface area contributed by atoms with Crippen molar-refractivity contribution in [3.63, 3.8) is 0 Å². The molecule has 0 saturated heterocycles. The van der Waals surface area contributed by atoms with E-state index in [1.807, 2.05) is 0 Å². The van der Waals surface area contributed by atoms with Gasteiger partial charge in [0.15, 0.2) is 5.75 Å². The maximum Gasteiger partial charge on any atom is 0.514 e. The topological polar surface area (TPSA) is 70.4 Å². The lowest BCUT2D eigenvalue weighted by Crippen LogP contribution is -2.18. The van der Waals surface area contributed by atoms with Crippen molar-refractivity contribution in [1.29, 1.82) is 0 Å². The number of nitrogens with zero attached hydrogens (tertiary/aromatic N) is 2. The number of carbonyl (C=O) groups is 1. The Kier molecular flexibility index (Phi) is 5.11. The number of ether oxygens (including phenoxy) is 2. The SMILES string of the molecule is CCOC(=O)Oc1cn(-c2ccc(F)cc2)c2c(Cl)c(Cl)ncc2c1=O. The summed E-state index contributed by atoms with van der Waals surface area (Å²) in [6.45, 7) is 1.69. The lowest BCUT2D eigenvalue weighted by molar-refractivity contribution is 0.104. The molecule has 0 N–H and O–H groups in total. The molecule has 134 valence electrons. The summed E-state index contributed by atoms with van der Waals surface area (Å²) in [6.07, 6.45) is 1.46. The van der Waals surface area contributed by atoms with Crippen molar-refractivity contribution in [1.82, 2.24) is 9.55 Å². The monoisotopic (exact) mass is 396 g/mol. The smallest absolute Gasteiger partial charge is 0.434 e. The second kappa shape index (κ2) is 7.31. The molecule has 9 heteroatoms. The molecular weight excluding hydrogens is 386 g/mol. The van der Waals surface area contributed by atoms with Crippen molar-refractivity contribution in [2.24, 2.45) is 0 Å². The van der Waals surface area contributed by atoms with Gasteiger partial charge in [0.05, 0.1) is 23.7 Å². The molecule has 0 saturated carbocycles. The Labute approximate surface area is 156 Å². The molecule has 0 radical (unpaired) electrons. The quantitative estimate of drug-likeness (QED) is 0.485. The highest BCUT2D eigenvalue weighted by atomic mass is 35.5. The standard InChI is InChI=1S/C17H11Cl2FN2O4/c1-2-25-17(24)26-12-8-22(10-5-3-9(20)4-6-10)14-11(15(12)23)7-21-16(19)13(14)18/h3-8H,2H2,1H3. The van der Waals surface area contributed by atoms with Crippen LogP contribution >= 0.6 is 23.2 Å². The number of halogens is 3. The summed E-state index contributed by atoms with van der Waals surface area (Å²) in [7, 11) is 0. The van der Waals surface area contributed by atoms with Crippen LogP contribution in [0, 0.1) is 5.82 Å². The van der Waals surface area contributed by atoms with Gasteiger partial charge in [-0.1, -0.05) is 23.2 Å². The molecule has 2 aromatic heterocycles. The highest BCUT2D eigenvalue weighted by Gasteiger charge is 2.19. The molecule has 0 amide bonds. The fraction of sp³-hybridized carbons (Fsp3) is 0.118. The van der Waals surface area contributed by atoms with Crippen LogP contribution in [0.25, 0.3) is 16.6 Å². The van der Waals surface area contributed by atoms with E-state index in [0.29, 0.717) is 5.69 Å². The van der Waals surface area contributed by atoms with Crippen molar-refractivity contribution in [3.05, 3.63) is 62.9 Å². The number of hydrogen-bond donors (Lipinski definition) is 0. The predicted octanol–water partition coefficient (Wildman–Crippen LogP) is 4.37. The number of pyridine rings is 2. The maximum atomic E-state index is 13.3. The van der Waals surface area contributed by atoms with Gasteiger partial charge < -0.3 is 14.0 Å². The van der Waals surface area contributed by atoms with Crippen LogP contribution in [0.2, 0.25) is 10.2 Å². The minimum Gasteiger partial charge on any atom is -0.434 e. The zero-order valence-electron chi connectivity index (χ0n) is 13.3. The van der Waals surface area contributed by atoms with Crippen LogP contribution in [0.15, 0.2) is 41.5 Å². The predicted molar refractivity (Wildman–Crippen MR) is 95.0 cm³/mol. The first kappa shape index (κ1) is 18.2. The van der Waals surface area contributed by atoms with Crippen molar-refractivity contribution >= 4 is 40.3 Å². The highest BCUT2D eigenvalue weighted by molar-refractivity contribution is 6.44. The van der Waals surface area contributed by atoms with Gasteiger partial charge in [-0.25, -0.2) is 14.2 Å². The molecule has 1 aromatic carbocycles. The average Bonchev–Trinajstić information content (AvgIpc) is 2.61. The van der Waals surface area contributed by atoms with E-state index in [2.05, 4.69) is 4.98 Å². The molecule has 0 atom stereocenters. The lowest BCUT2D eigenvalue weighted by atomic mass is 10.2. The molecular formula is C17H11Cl2FN2O4. The number of fused-ring (bicyclic) bond motifs is 1. The lowest BCUT2D eigenvalue weighted by Gasteiger charge is -2.14. The molecule has 0 unspecified atom stereocenters. The molecule has 0 spiro atoms. The summed E-state index contributed by atoms with van der Waals surface area (Å²) in [5, 5.41) is 0.104. The molecule has 6 nitrogen and oxygen atoms in total. The van der Waals surface area contributed by atoms with Crippen LogP contribution in [0.4, 0.5) is 9.18 Å². The molecule has 0 aliphatic heterocycles. The molecule has 3 rings (SSSR count). The minimum atomic E-state index is -1.03. The third kappa shape index (κ3) is 3.36. The Morgan fingerprint density at radius 1 is 1.27 bits per heavy atom. The molecule has 0 fully saturated rings. The summed E-state index contributed by atoms with van der Waals surface area (Å²) < 4.78 is 24.4. The Bertz CT molecular complexity index is 1050. The largest absolute Gasteiger partial charge is 0.514 e. The van der Waals surface area contributed by atoms with Gasteiger partial charge in [-0.2, -0.15) is 0 Å². The Morgan fingerprint density at radius 2 is 1.96 bits per heavy atom. The van der Waals surface area contributed by atoms with E-state index in [4.69, 9.17) is 32.7 Å². The zero-order valence-corrected chi connectivity index (χ0v) is 14.8. The number of aromatic nitrogens is 2. The van der Waals surface area contributed by atoms with E-state index in [-0.39, 0.29) is 33.4 Å². The Balaban J connectivity index is 2.30. The van der Waals surface area contributed by atoms with Crippen molar-refractivity contribution in [2.75, 3.05) is 6.61 Å². The van der Waals surface area contributed by atoms with Gasteiger partial charge in [0, 0.05) is 11.9 Å². The van der Waals surface area contributed by atoms with Gasteiger partial charge in [-0.3, -0.25) is 4.79 Å². The first-order valence-electron chi connectivity index (χ1n) is 7.42. The first-order valence-corrected chi connectivity index (χ1v) is 8.18. The first-order chi connectivity index (χ1) is 12.4. The van der Waals surface area contributed by atoms with Crippen LogP contribution in [0.1, 0.15) is 6.92 Å². The molecule has 2 heterocycles. The number of carbonyl (C=O) groups excluding carboxylic acids is 1. The third-order valence-corrected chi connectivity index (χ3v) is 4.21. The summed E-state index contributed by atoms with van der Waals surface area (Å²) in [4.78, 5) is 28.1. The second-order valence-electron chi connectivity index (χ2n) is 5.08. The molecule has 0 aliphatic carbocycles. The van der Waals surface area contributed by atoms with E-state index >= 15 is 0 Å². The Hall–Kier alpha value is -2.64. The number of benzene rings is 1. The van der Waals surface area contributed by atoms with Crippen LogP contribution in [0.3, 0.4) is 0 Å². The van der Waals surface area contributed by atoms with Crippen molar-refractivity contribution in [3.8, 4) is 11.4 Å². The van der Waals surface area contributed by atoms with E-state index in [0.717, 1.165) is 0 Å². The van der Waals surface area contributed by atoms with Crippen molar-refractivity contribution in [2.45, 2.75) is 6.92 Å². The van der Waals surface area contributed by atoms with Crippen molar-refractivity contribution < 1.29 is 18.7 Å². The fourth-order valence-electron chi connectivity index (χ4n) is 2.34. The molecule has 0 bridgehead atoms. The fourth-order valence-corrected chi connectivity index (χ4v) is 2.72. The molecule has 0 aliphatic rings. The van der Waals surface area contributed by atoms with E-state index < -0.39 is 17.4 Å². The number of rotatable bonds is 3. The van der Waals surface area contributed by atoms with E-state index in [1.165, 1.54) is 41.2 Å². The number of hydrogen-bond acceptors (Lipinski definition) is 5. The van der Waals surface area contributed by atoms with Gasteiger partial charge in [0.1, 0.15) is 16.0 Å². The van der Waals surface area contributed by atoms with Crippen LogP contribution in [-0.2, 0) is 4.74 Å². The van der Waals surface area contributed by atoms with E-state index in [1.54, 1.807) is 6.92 Å². The van der Waals surface area contributed by atoms with Gasteiger partial charge in [-0.05, 0) is 31.2 Å². The van der Waals surface area contributed by atoms with Gasteiger partial charge in [0.25, 0.3) is 0 Å². The molecule has 26 heavy (non-hydrogen) atoms. The van der Waals surface area contributed by atoms with Crippen LogP contribution in [0.5, 0.6) is 5.75 Å². The Morgan fingerprint density at radius 3 is 2.62 bits per heavy atom. The summed E-state index contributed by atoms with van der Waals surface area (Å²) in [5.74, 6) is -0.728. The zero-order chi connectivity index (χ0) is 18.8. The van der Waals surface area contributed by atoms with Gasteiger partial charge in [-0.15, -0.1) is 0 Å². The average molecular weight is 397 g/mol. The normalized spacial score (nSPS) is 10.8. The van der Waals surface area contributed by atoms with E-state index in [9.17, 15) is 14.0 Å². The highest BCUT2D eigenvalue weighted by Crippen LogP contribution is 2.30. The summed E-state index contributed by atoms with van der Waals surface area (Å²) in [6, 6.07) is 5.42. The van der Waals surface area contributed by atoms with Gasteiger partial charge in [0.2, 0.25) is 5.43 Å².